The predicted octanol–water partition coefficient (Wildman–Crippen LogP) is 6.87. The average molecular weight is 428 g/mol. The molecule has 0 bridgehead atoms. The third-order valence-corrected chi connectivity index (χ3v) is 6.31. The van der Waals surface area contributed by atoms with Gasteiger partial charge in [0.05, 0.1) is 5.92 Å². The Balaban J connectivity index is 2.63. The van der Waals surface area contributed by atoms with Gasteiger partial charge < -0.3 is 4.74 Å². The number of benzene rings is 1. The molecule has 0 N–H and O–H groups in total. The van der Waals surface area contributed by atoms with Crippen molar-refractivity contribution in [3.05, 3.63) is 29.8 Å². The van der Waals surface area contributed by atoms with Gasteiger partial charge in [0.15, 0.2) is 0 Å². The molecule has 1 atom stereocenters. The fourth-order valence-electron chi connectivity index (χ4n) is 3.92. The summed E-state index contributed by atoms with van der Waals surface area (Å²) >= 11 is 0. The van der Waals surface area contributed by atoms with Gasteiger partial charge in [-0.15, -0.1) is 0 Å². The molecule has 0 saturated heterocycles. The van der Waals surface area contributed by atoms with E-state index < -0.39 is 0 Å². The number of carbonyl (C=O) groups excluding carboxylic acids is 2. The van der Waals surface area contributed by atoms with Crippen LogP contribution in [0.15, 0.2) is 24.3 Å². The lowest BCUT2D eigenvalue weighted by molar-refractivity contribution is -0.139. The summed E-state index contributed by atoms with van der Waals surface area (Å²) in [4.78, 5) is 25.5. The Morgan fingerprint density at radius 3 is 1.90 bits per heavy atom. The van der Waals surface area contributed by atoms with Gasteiger partial charge in [0.25, 0.3) is 0 Å². The zero-order valence-electron chi connectivity index (χ0n) is 20.8. The summed E-state index contributed by atoms with van der Waals surface area (Å²) in [6.45, 7) is 8.60. The molecule has 0 aliphatic carbocycles. The summed E-state index contributed by atoms with van der Waals surface area (Å²) in [6, 6.07) is 7.51. The first-order valence-electron chi connectivity index (χ1n) is 12.7. The minimum Gasteiger partial charge on any atom is -0.426 e. The van der Waals surface area contributed by atoms with E-state index in [2.05, 4.69) is 35.5 Å². The van der Waals surface area contributed by atoms with Crippen LogP contribution in [0.2, 0.25) is 5.31 Å². The van der Waals surface area contributed by atoms with Crippen molar-refractivity contribution in [1.82, 2.24) is 0 Å². The second-order valence-corrected chi connectivity index (χ2v) is 9.69. The topological polar surface area (TPSA) is 43.4 Å². The average Bonchev–Trinajstić information content (AvgIpc) is 2.74. The Hall–Kier alpha value is -1.58. The van der Waals surface area contributed by atoms with Crippen LogP contribution >= 0.6 is 0 Å². The zero-order valence-corrected chi connectivity index (χ0v) is 20.8. The van der Waals surface area contributed by atoms with Gasteiger partial charge >= 0.3 is 5.97 Å². The van der Waals surface area contributed by atoms with Gasteiger partial charge in [-0.3, -0.25) is 9.59 Å². The molecule has 0 aliphatic heterocycles. The summed E-state index contributed by atoms with van der Waals surface area (Å²) in [6.07, 6.45) is 13.4. The Bertz CT molecular complexity index is 626. The number of Topliss-reactive ketones (excluding diaryl/α,β-unsaturated/α-hetero) is 1. The second-order valence-electron chi connectivity index (χ2n) is 9.69. The van der Waals surface area contributed by atoms with Crippen LogP contribution in [0.4, 0.5) is 0 Å². The molecule has 4 heteroatoms. The first-order valence-corrected chi connectivity index (χ1v) is 12.7. The SMILES string of the molecule is BC(C)(CCCCC)C(=O)Cc1ccc(OC(=O)C(CCCCC)CCCCC)cc1. The van der Waals surface area contributed by atoms with Gasteiger partial charge in [-0.2, -0.15) is 0 Å². The van der Waals surface area contributed by atoms with Crippen LogP contribution in [0.25, 0.3) is 0 Å². The minimum atomic E-state index is -0.287. The van der Waals surface area contributed by atoms with E-state index in [0.717, 1.165) is 69.8 Å². The second kappa shape index (κ2) is 15.3. The Morgan fingerprint density at radius 2 is 1.39 bits per heavy atom. The molecule has 174 valence electrons. The maximum absolute atomic E-state index is 12.7. The van der Waals surface area contributed by atoms with Crippen LogP contribution in [0, 0.1) is 5.92 Å². The first-order chi connectivity index (χ1) is 14.8. The summed E-state index contributed by atoms with van der Waals surface area (Å²) in [5.41, 5.74) is 0.982. The van der Waals surface area contributed by atoms with Crippen molar-refractivity contribution in [1.29, 1.82) is 0 Å². The number of hydrogen-bond acceptors (Lipinski definition) is 3. The normalized spacial score (nSPS) is 13.2. The first kappa shape index (κ1) is 27.5. The number of hydrogen-bond donors (Lipinski definition) is 0. The number of esters is 1. The van der Waals surface area contributed by atoms with Gasteiger partial charge in [-0.1, -0.05) is 97.6 Å². The minimum absolute atomic E-state index is 0.0109. The van der Waals surface area contributed by atoms with Crippen molar-refractivity contribution in [2.75, 3.05) is 0 Å². The molecule has 0 aliphatic rings. The van der Waals surface area contributed by atoms with E-state index in [1.807, 2.05) is 24.3 Å². The third-order valence-electron chi connectivity index (χ3n) is 6.31. The molecule has 0 spiro atoms. The summed E-state index contributed by atoms with van der Waals surface area (Å²) in [7, 11) is 2.05. The van der Waals surface area contributed by atoms with E-state index in [9.17, 15) is 9.59 Å². The van der Waals surface area contributed by atoms with E-state index in [-0.39, 0.29) is 23.0 Å². The van der Waals surface area contributed by atoms with Crippen molar-refractivity contribution in [2.45, 2.75) is 116 Å². The van der Waals surface area contributed by atoms with Crippen molar-refractivity contribution in [2.24, 2.45) is 5.92 Å². The van der Waals surface area contributed by atoms with Crippen molar-refractivity contribution in [3.8, 4) is 5.75 Å². The smallest absolute Gasteiger partial charge is 0.314 e. The number of ketones is 1. The predicted molar refractivity (Wildman–Crippen MR) is 134 cm³/mol. The van der Waals surface area contributed by atoms with Gasteiger partial charge in [-0.25, -0.2) is 0 Å². The lowest BCUT2D eigenvalue weighted by Crippen LogP contribution is -2.23. The monoisotopic (exact) mass is 428 g/mol. The molecule has 31 heavy (non-hydrogen) atoms. The highest BCUT2D eigenvalue weighted by atomic mass is 16.5. The van der Waals surface area contributed by atoms with E-state index in [4.69, 9.17) is 4.74 Å². The van der Waals surface area contributed by atoms with Crippen LogP contribution in [0.3, 0.4) is 0 Å². The van der Waals surface area contributed by atoms with Gasteiger partial charge in [0.2, 0.25) is 0 Å². The maximum atomic E-state index is 12.7. The molecule has 1 aromatic rings. The van der Waals surface area contributed by atoms with E-state index >= 15 is 0 Å². The lowest BCUT2D eigenvalue weighted by atomic mass is 9.63. The Kier molecular flexibility index (Phi) is 13.5. The fourth-order valence-corrected chi connectivity index (χ4v) is 3.92. The molecule has 0 fully saturated rings. The van der Waals surface area contributed by atoms with Gasteiger partial charge in [-0.05, 0) is 42.3 Å². The molecule has 1 unspecified atom stereocenters. The third kappa shape index (κ3) is 11.0. The molecule has 0 amide bonds. The molecule has 0 aromatic heterocycles. The van der Waals surface area contributed by atoms with Crippen LogP contribution in [-0.4, -0.2) is 19.6 Å². The van der Waals surface area contributed by atoms with Crippen molar-refractivity contribution >= 4 is 19.6 Å². The van der Waals surface area contributed by atoms with E-state index in [1.54, 1.807) is 0 Å². The summed E-state index contributed by atoms with van der Waals surface area (Å²) in [5.74, 6) is 0.746. The molecule has 3 nitrogen and oxygen atoms in total. The molecular formula is C27H45BO3. The van der Waals surface area contributed by atoms with Crippen molar-refractivity contribution in [3.63, 3.8) is 0 Å². The van der Waals surface area contributed by atoms with Crippen LogP contribution in [0.1, 0.15) is 110 Å². The number of carbonyl (C=O) groups is 2. The van der Waals surface area contributed by atoms with E-state index in [0.29, 0.717) is 12.2 Å². The van der Waals surface area contributed by atoms with Crippen molar-refractivity contribution < 1.29 is 14.3 Å². The Labute approximate surface area is 192 Å². The van der Waals surface area contributed by atoms with Crippen LogP contribution < -0.4 is 4.74 Å². The maximum Gasteiger partial charge on any atom is 0.314 e. The highest BCUT2D eigenvalue weighted by Crippen LogP contribution is 2.31. The molecule has 1 aromatic carbocycles. The van der Waals surface area contributed by atoms with Crippen LogP contribution in [0.5, 0.6) is 5.75 Å². The molecule has 0 radical (unpaired) electrons. The summed E-state index contributed by atoms with van der Waals surface area (Å²) in [5, 5.41) is -0.287. The standard InChI is InChI=1S/C27H45BO3/c1-5-8-11-14-23(15-12-9-6-2)26(30)31-24-18-16-22(17-19-24)21-25(29)27(4,28)20-13-10-7-3/h16-19,23H,5-15,20-21,28H2,1-4H3. The highest BCUT2D eigenvalue weighted by molar-refractivity contribution is 6.28. The van der Waals surface area contributed by atoms with Gasteiger partial charge in [0.1, 0.15) is 19.4 Å². The molecule has 0 heterocycles. The highest BCUT2D eigenvalue weighted by Gasteiger charge is 2.26. The summed E-state index contributed by atoms with van der Waals surface area (Å²) < 4.78 is 5.71. The molecule has 0 saturated carbocycles. The molecule has 1 rings (SSSR count). The van der Waals surface area contributed by atoms with E-state index in [1.165, 1.54) is 12.8 Å². The number of rotatable bonds is 17. The van der Waals surface area contributed by atoms with Crippen LogP contribution in [-0.2, 0) is 16.0 Å². The molecular weight excluding hydrogens is 383 g/mol. The fraction of sp³-hybridized carbons (Fsp3) is 0.704. The lowest BCUT2D eigenvalue weighted by Gasteiger charge is -2.23. The Morgan fingerprint density at radius 1 is 0.871 bits per heavy atom. The largest absolute Gasteiger partial charge is 0.426 e. The quantitative estimate of drug-likeness (QED) is 0.118. The van der Waals surface area contributed by atoms with Gasteiger partial charge in [0, 0.05) is 6.42 Å². The zero-order chi connectivity index (χ0) is 23.1. The number of ether oxygens (including phenoxy) is 1. The number of unbranched alkanes of at least 4 members (excludes halogenated alkanes) is 6.